The Morgan fingerprint density at radius 1 is 1.13 bits per heavy atom. The number of nitrogens with one attached hydrogen (secondary N) is 1. The normalized spacial score (nSPS) is 11.5. The number of carbonyl (C=O) groups excluding carboxylic acids is 2. The summed E-state index contributed by atoms with van der Waals surface area (Å²) in [4.78, 5) is 25.4. The molecule has 0 saturated heterocycles. The van der Waals surface area contributed by atoms with Crippen molar-refractivity contribution in [2.75, 3.05) is 19.0 Å². The van der Waals surface area contributed by atoms with Crippen molar-refractivity contribution in [3.8, 4) is 22.6 Å². The van der Waals surface area contributed by atoms with Gasteiger partial charge in [-0.3, -0.25) is 4.79 Å². The Bertz CT molecular complexity index is 1060. The molecule has 0 unspecified atom stereocenters. The monoisotopic (exact) mass is 503 g/mol. The third kappa shape index (κ3) is 5.65. The summed E-state index contributed by atoms with van der Waals surface area (Å²) < 4.78 is 17.0. The second-order valence-corrected chi connectivity index (χ2v) is 8.30. The van der Waals surface area contributed by atoms with Crippen LogP contribution in [0.5, 0.6) is 11.5 Å². The summed E-state index contributed by atoms with van der Waals surface area (Å²) in [7, 11) is 1.59. The Balaban J connectivity index is 1.84. The fourth-order valence-electron chi connectivity index (χ4n) is 2.85. The molecule has 0 aliphatic rings. The highest BCUT2D eigenvalue weighted by Gasteiger charge is 2.25. The zero-order chi connectivity index (χ0) is 22.4. The number of thiophene rings is 1. The van der Waals surface area contributed by atoms with Crippen LogP contribution in [-0.4, -0.2) is 31.7 Å². The van der Waals surface area contributed by atoms with E-state index < -0.39 is 12.1 Å². The summed E-state index contributed by atoms with van der Waals surface area (Å²) >= 11 is 4.64. The molecule has 8 heteroatoms. The van der Waals surface area contributed by atoms with Gasteiger partial charge < -0.3 is 19.5 Å². The van der Waals surface area contributed by atoms with Gasteiger partial charge in [0.15, 0.2) is 6.10 Å². The van der Waals surface area contributed by atoms with Gasteiger partial charge in [-0.1, -0.05) is 34.1 Å². The molecule has 2 aromatic carbocycles. The van der Waals surface area contributed by atoms with E-state index in [9.17, 15) is 9.59 Å². The molecular weight excluding hydrogens is 482 g/mol. The van der Waals surface area contributed by atoms with Crippen molar-refractivity contribution in [1.29, 1.82) is 0 Å². The summed E-state index contributed by atoms with van der Waals surface area (Å²) in [5.41, 5.74) is 1.82. The molecule has 6 nitrogen and oxygen atoms in total. The van der Waals surface area contributed by atoms with E-state index in [0.717, 1.165) is 10.0 Å². The number of carbonyl (C=O) groups is 2. The van der Waals surface area contributed by atoms with Crippen LogP contribution in [0.4, 0.5) is 5.00 Å². The van der Waals surface area contributed by atoms with Crippen LogP contribution in [0.1, 0.15) is 24.2 Å². The fraction of sp³-hybridized carbons (Fsp3) is 0.217. The largest absolute Gasteiger partial charge is 0.497 e. The first-order chi connectivity index (χ1) is 14.9. The predicted octanol–water partition coefficient (Wildman–Crippen LogP) is 5.77. The quantitative estimate of drug-likeness (QED) is 0.395. The van der Waals surface area contributed by atoms with Crippen molar-refractivity contribution < 1.29 is 23.8 Å². The molecule has 0 spiro atoms. The number of methoxy groups -OCH3 is 1. The van der Waals surface area contributed by atoms with Crippen LogP contribution >= 0.6 is 27.3 Å². The predicted molar refractivity (Wildman–Crippen MR) is 125 cm³/mol. The first-order valence-electron chi connectivity index (χ1n) is 9.59. The highest BCUT2D eigenvalue weighted by molar-refractivity contribution is 9.10. The molecule has 0 fully saturated rings. The lowest BCUT2D eigenvalue weighted by Crippen LogP contribution is -2.30. The Hall–Kier alpha value is -2.84. The Kier molecular flexibility index (Phi) is 7.70. The van der Waals surface area contributed by atoms with Crippen molar-refractivity contribution in [1.82, 2.24) is 0 Å². The van der Waals surface area contributed by atoms with E-state index in [1.807, 2.05) is 41.8 Å². The maximum absolute atomic E-state index is 12.8. The topological polar surface area (TPSA) is 73.9 Å². The lowest BCUT2D eigenvalue weighted by Gasteiger charge is -2.15. The van der Waals surface area contributed by atoms with Crippen LogP contribution in [0, 0.1) is 0 Å². The van der Waals surface area contributed by atoms with Crippen LogP contribution in [0.15, 0.2) is 58.4 Å². The van der Waals surface area contributed by atoms with Crippen molar-refractivity contribution in [3.63, 3.8) is 0 Å². The lowest BCUT2D eigenvalue weighted by atomic mass is 10.0. The highest BCUT2D eigenvalue weighted by Crippen LogP contribution is 2.37. The van der Waals surface area contributed by atoms with Gasteiger partial charge in [0.25, 0.3) is 5.91 Å². The number of halogens is 1. The number of amides is 1. The number of hydrogen-bond acceptors (Lipinski definition) is 6. The van der Waals surface area contributed by atoms with Gasteiger partial charge in [-0.25, -0.2) is 4.79 Å². The molecule has 1 atom stereocenters. The van der Waals surface area contributed by atoms with E-state index in [1.165, 1.54) is 11.3 Å². The Morgan fingerprint density at radius 2 is 1.87 bits per heavy atom. The van der Waals surface area contributed by atoms with Crippen LogP contribution in [0.3, 0.4) is 0 Å². The van der Waals surface area contributed by atoms with E-state index in [4.69, 9.17) is 14.2 Å². The smallest absolute Gasteiger partial charge is 0.341 e. The van der Waals surface area contributed by atoms with Crippen molar-refractivity contribution in [2.45, 2.75) is 20.0 Å². The first-order valence-corrected chi connectivity index (χ1v) is 11.3. The van der Waals surface area contributed by atoms with E-state index >= 15 is 0 Å². The third-order valence-corrected chi connectivity index (χ3v) is 5.78. The molecule has 0 radical (unpaired) electrons. The van der Waals surface area contributed by atoms with Gasteiger partial charge in [0.1, 0.15) is 22.1 Å². The zero-order valence-electron chi connectivity index (χ0n) is 17.3. The number of esters is 1. The second kappa shape index (κ2) is 10.5. The SMILES string of the molecule is CCOC(=O)c1c(-c2ccc(OC)cc2)csc1NC(=O)[C@H](C)Oc1cccc(Br)c1. The standard InChI is InChI=1S/C23H22BrNO5S/c1-4-29-23(27)20-19(15-8-10-17(28-3)11-9-15)13-31-22(20)25-21(26)14(2)30-18-7-5-6-16(24)12-18/h5-14H,4H2,1-3H3,(H,25,26)/t14-/m0/s1. The number of ether oxygens (including phenoxy) is 3. The minimum Gasteiger partial charge on any atom is -0.497 e. The van der Waals surface area contributed by atoms with Crippen LogP contribution in [0.25, 0.3) is 11.1 Å². The molecule has 1 N–H and O–H groups in total. The summed E-state index contributed by atoms with van der Waals surface area (Å²) in [6, 6.07) is 14.6. The molecule has 162 valence electrons. The molecule has 0 aliphatic heterocycles. The molecule has 3 rings (SSSR count). The second-order valence-electron chi connectivity index (χ2n) is 6.51. The molecule has 1 amide bonds. The maximum atomic E-state index is 12.8. The van der Waals surface area contributed by atoms with Crippen molar-refractivity contribution >= 4 is 44.1 Å². The molecule has 0 saturated carbocycles. The number of rotatable bonds is 8. The van der Waals surface area contributed by atoms with Gasteiger partial charge in [0.05, 0.1) is 13.7 Å². The van der Waals surface area contributed by atoms with Gasteiger partial charge in [0, 0.05) is 15.4 Å². The van der Waals surface area contributed by atoms with E-state index in [1.54, 1.807) is 33.1 Å². The molecule has 1 aromatic heterocycles. The van der Waals surface area contributed by atoms with Crippen LogP contribution in [-0.2, 0) is 9.53 Å². The van der Waals surface area contributed by atoms with Gasteiger partial charge in [-0.2, -0.15) is 0 Å². The van der Waals surface area contributed by atoms with Gasteiger partial charge in [0.2, 0.25) is 0 Å². The number of anilines is 1. The average molecular weight is 504 g/mol. The Morgan fingerprint density at radius 3 is 2.52 bits per heavy atom. The van der Waals surface area contributed by atoms with Gasteiger partial charge in [-0.15, -0.1) is 11.3 Å². The summed E-state index contributed by atoms with van der Waals surface area (Å²) in [6.07, 6.45) is -0.768. The molecule has 0 aliphatic carbocycles. The van der Waals surface area contributed by atoms with Crippen molar-refractivity contribution in [3.05, 3.63) is 63.9 Å². The summed E-state index contributed by atoms with van der Waals surface area (Å²) in [5.74, 6) is 0.413. The van der Waals surface area contributed by atoms with E-state index in [2.05, 4.69) is 21.2 Å². The van der Waals surface area contributed by atoms with Gasteiger partial charge >= 0.3 is 5.97 Å². The molecular formula is C23H22BrNO5S. The fourth-order valence-corrected chi connectivity index (χ4v) is 4.19. The summed E-state index contributed by atoms with van der Waals surface area (Å²) in [5, 5.41) is 5.05. The minimum absolute atomic E-state index is 0.229. The number of benzene rings is 2. The molecule has 0 bridgehead atoms. The third-order valence-electron chi connectivity index (χ3n) is 4.39. The van der Waals surface area contributed by atoms with Crippen LogP contribution < -0.4 is 14.8 Å². The molecule has 31 heavy (non-hydrogen) atoms. The summed E-state index contributed by atoms with van der Waals surface area (Å²) in [6.45, 7) is 3.62. The first kappa shape index (κ1) is 22.8. The van der Waals surface area contributed by atoms with Crippen molar-refractivity contribution in [2.24, 2.45) is 0 Å². The van der Waals surface area contributed by atoms with Gasteiger partial charge in [-0.05, 0) is 49.7 Å². The van der Waals surface area contributed by atoms with E-state index in [0.29, 0.717) is 27.6 Å². The lowest BCUT2D eigenvalue weighted by molar-refractivity contribution is -0.122. The minimum atomic E-state index is -0.768. The van der Waals surface area contributed by atoms with E-state index in [-0.39, 0.29) is 12.5 Å². The maximum Gasteiger partial charge on any atom is 0.341 e. The molecule has 1 heterocycles. The average Bonchev–Trinajstić information content (AvgIpc) is 3.17. The zero-order valence-corrected chi connectivity index (χ0v) is 19.7. The Labute approximate surface area is 193 Å². The highest BCUT2D eigenvalue weighted by atomic mass is 79.9. The molecule has 3 aromatic rings. The number of hydrogen-bond donors (Lipinski definition) is 1. The van der Waals surface area contributed by atoms with Crippen LogP contribution in [0.2, 0.25) is 0 Å².